The highest BCUT2D eigenvalue weighted by molar-refractivity contribution is 7.15. The van der Waals surface area contributed by atoms with Gasteiger partial charge in [0.1, 0.15) is 30.6 Å². The minimum absolute atomic E-state index is 0.160. The third-order valence-electron chi connectivity index (χ3n) is 4.64. The van der Waals surface area contributed by atoms with Crippen molar-refractivity contribution in [2.24, 2.45) is 0 Å². The van der Waals surface area contributed by atoms with Crippen molar-refractivity contribution in [3.05, 3.63) is 63.7 Å². The number of nitriles is 1. The van der Waals surface area contributed by atoms with Crippen LogP contribution in [0.1, 0.15) is 28.6 Å². The molecule has 0 unspecified atom stereocenters. The van der Waals surface area contributed by atoms with Crippen LogP contribution in [0, 0.1) is 25.2 Å². The molecular weight excluding hydrogens is 509 g/mol. The maximum absolute atomic E-state index is 12.7. The van der Waals surface area contributed by atoms with Crippen LogP contribution in [0.25, 0.3) is 6.08 Å². The fraction of sp³-hybridized carbons (Fsp3) is 0.280. The van der Waals surface area contributed by atoms with Gasteiger partial charge in [-0.2, -0.15) is 18.4 Å². The van der Waals surface area contributed by atoms with Gasteiger partial charge in [-0.1, -0.05) is 23.5 Å². The molecule has 0 aliphatic rings. The van der Waals surface area contributed by atoms with Gasteiger partial charge >= 0.3 is 6.18 Å². The van der Waals surface area contributed by atoms with E-state index < -0.39 is 17.1 Å². The number of nitrogens with zero attached hydrogens (tertiary/aromatic N) is 3. The van der Waals surface area contributed by atoms with E-state index in [0.29, 0.717) is 30.3 Å². The maximum Gasteiger partial charge on any atom is 0.445 e. The lowest BCUT2D eigenvalue weighted by molar-refractivity contribution is -0.138. The van der Waals surface area contributed by atoms with Crippen molar-refractivity contribution in [2.75, 3.05) is 25.1 Å². The van der Waals surface area contributed by atoms with Crippen LogP contribution < -0.4 is 19.5 Å². The van der Waals surface area contributed by atoms with E-state index in [9.17, 15) is 23.2 Å². The smallest absolute Gasteiger partial charge is 0.445 e. The van der Waals surface area contributed by atoms with Gasteiger partial charge in [0, 0.05) is 0 Å². The summed E-state index contributed by atoms with van der Waals surface area (Å²) in [5, 5.41) is 16.3. The Morgan fingerprint density at radius 1 is 1.05 bits per heavy atom. The minimum atomic E-state index is -4.68. The topological polar surface area (TPSA) is 106 Å². The Balaban J connectivity index is 1.67. The molecule has 1 amide bonds. The van der Waals surface area contributed by atoms with E-state index in [4.69, 9.17) is 14.2 Å². The van der Waals surface area contributed by atoms with E-state index >= 15 is 0 Å². The second kappa shape index (κ2) is 12.2. The lowest BCUT2D eigenvalue weighted by atomic mass is 10.1. The molecule has 0 bridgehead atoms. The van der Waals surface area contributed by atoms with Crippen LogP contribution >= 0.6 is 11.3 Å². The first-order chi connectivity index (χ1) is 17.6. The summed E-state index contributed by atoms with van der Waals surface area (Å²) in [6, 6.07) is 12.5. The Labute approximate surface area is 215 Å². The number of ether oxygens (including phenoxy) is 3. The summed E-state index contributed by atoms with van der Waals surface area (Å²) in [6.45, 7) is 6.66. The zero-order chi connectivity index (χ0) is 27.0. The number of carbonyl (C=O) groups is 1. The molecule has 3 rings (SSSR count). The van der Waals surface area contributed by atoms with Crippen molar-refractivity contribution in [2.45, 2.75) is 26.9 Å². The van der Waals surface area contributed by atoms with Gasteiger partial charge in [-0.05, 0) is 67.8 Å². The summed E-state index contributed by atoms with van der Waals surface area (Å²) in [5.74, 6) is 0.657. The van der Waals surface area contributed by atoms with Crippen LogP contribution in [0.2, 0.25) is 0 Å². The molecular formula is C25H23F3N4O4S. The first-order valence-corrected chi connectivity index (χ1v) is 11.8. The number of carbonyl (C=O) groups excluding carboxylic acids is 1. The number of nitrogens with one attached hydrogen (secondary N) is 1. The minimum Gasteiger partial charge on any atom is -0.490 e. The van der Waals surface area contributed by atoms with Crippen LogP contribution in [0.5, 0.6) is 17.2 Å². The predicted molar refractivity (Wildman–Crippen MR) is 132 cm³/mol. The molecule has 0 fully saturated rings. The molecule has 0 saturated heterocycles. The standard InChI is InChI=1S/C25H23F3N4O4S/c1-4-34-21-13-17(5-6-20(21)36-8-7-35-19-10-15(2)9-16(3)11-19)12-18(14-29)22(33)30-24-32-31-23(37-24)25(26,27)28/h5-6,9-13H,4,7-8H2,1-3H3,(H,30,32,33)/b18-12-. The number of rotatable bonds is 10. The van der Waals surface area contributed by atoms with Crippen LogP contribution in [0.15, 0.2) is 42.0 Å². The number of hydrogen-bond acceptors (Lipinski definition) is 8. The summed E-state index contributed by atoms with van der Waals surface area (Å²) in [7, 11) is 0. The third-order valence-corrected chi connectivity index (χ3v) is 5.52. The highest BCUT2D eigenvalue weighted by Gasteiger charge is 2.35. The van der Waals surface area contributed by atoms with Crippen molar-refractivity contribution in [3.63, 3.8) is 0 Å². The van der Waals surface area contributed by atoms with Crippen LogP contribution in [-0.2, 0) is 11.0 Å². The zero-order valence-corrected chi connectivity index (χ0v) is 21.0. The molecule has 0 radical (unpaired) electrons. The molecule has 0 aliphatic heterocycles. The van der Waals surface area contributed by atoms with Crippen molar-refractivity contribution < 1.29 is 32.2 Å². The molecule has 8 nitrogen and oxygen atoms in total. The van der Waals surface area contributed by atoms with E-state index in [1.807, 2.05) is 26.0 Å². The van der Waals surface area contributed by atoms with Gasteiger partial charge in [-0.15, -0.1) is 10.2 Å². The Hall–Kier alpha value is -4.11. The molecule has 1 aromatic heterocycles. The molecule has 0 atom stereocenters. The summed E-state index contributed by atoms with van der Waals surface area (Å²) in [6.07, 6.45) is -3.41. The normalized spacial score (nSPS) is 11.5. The average Bonchev–Trinajstić information content (AvgIpc) is 3.30. The zero-order valence-electron chi connectivity index (χ0n) is 20.2. The Bertz CT molecular complexity index is 1310. The number of aryl methyl sites for hydroxylation is 2. The van der Waals surface area contributed by atoms with Gasteiger partial charge in [0.05, 0.1) is 6.61 Å². The van der Waals surface area contributed by atoms with E-state index in [1.54, 1.807) is 31.2 Å². The lowest BCUT2D eigenvalue weighted by Gasteiger charge is -2.13. The van der Waals surface area contributed by atoms with Crippen LogP contribution in [0.4, 0.5) is 18.3 Å². The first-order valence-electron chi connectivity index (χ1n) is 11.0. The molecule has 12 heteroatoms. The number of anilines is 1. The number of hydrogen-bond donors (Lipinski definition) is 1. The van der Waals surface area contributed by atoms with Gasteiger partial charge in [0.25, 0.3) is 5.91 Å². The van der Waals surface area contributed by atoms with Crippen molar-refractivity contribution in [3.8, 4) is 23.3 Å². The van der Waals surface area contributed by atoms with Gasteiger partial charge in [-0.3, -0.25) is 10.1 Å². The molecule has 37 heavy (non-hydrogen) atoms. The molecule has 3 aromatic rings. The van der Waals surface area contributed by atoms with Crippen molar-refractivity contribution in [1.29, 1.82) is 5.26 Å². The van der Waals surface area contributed by atoms with Crippen molar-refractivity contribution >= 4 is 28.5 Å². The highest BCUT2D eigenvalue weighted by atomic mass is 32.1. The maximum atomic E-state index is 12.7. The second-order valence-electron chi connectivity index (χ2n) is 7.69. The van der Waals surface area contributed by atoms with Gasteiger partial charge < -0.3 is 14.2 Å². The Morgan fingerprint density at radius 3 is 2.38 bits per heavy atom. The van der Waals surface area contributed by atoms with E-state index in [2.05, 4.69) is 21.6 Å². The fourth-order valence-electron chi connectivity index (χ4n) is 3.20. The number of aromatic nitrogens is 2. The third kappa shape index (κ3) is 7.94. The molecule has 1 heterocycles. The molecule has 0 spiro atoms. The number of halogens is 3. The van der Waals surface area contributed by atoms with Crippen molar-refractivity contribution in [1.82, 2.24) is 10.2 Å². The molecule has 0 saturated carbocycles. The second-order valence-corrected chi connectivity index (χ2v) is 8.67. The molecule has 1 N–H and O–H groups in total. The number of alkyl halides is 3. The molecule has 0 aliphatic carbocycles. The quantitative estimate of drug-likeness (QED) is 0.207. The van der Waals surface area contributed by atoms with Gasteiger partial charge in [-0.25, -0.2) is 0 Å². The van der Waals surface area contributed by atoms with E-state index in [-0.39, 0.29) is 28.6 Å². The number of amides is 1. The average molecular weight is 533 g/mol. The molecule has 194 valence electrons. The fourth-order valence-corrected chi connectivity index (χ4v) is 3.80. The molecule has 2 aromatic carbocycles. The summed E-state index contributed by atoms with van der Waals surface area (Å²) in [5.41, 5.74) is 2.29. The first kappa shape index (κ1) is 27.5. The lowest BCUT2D eigenvalue weighted by Crippen LogP contribution is -2.13. The summed E-state index contributed by atoms with van der Waals surface area (Å²) >= 11 is 0.160. The van der Waals surface area contributed by atoms with Crippen LogP contribution in [-0.4, -0.2) is 35.9 Å². The highest BCUT2D eigenvalue weighted by Crippen LogP contribution is 2.33. The SMILES string of the molecule is CCOc1cc(/C=C(/C#N)C(=O)Nc2nnc(C(F)(F)F)s2)ccc1OCCOc1cc(C)cc(C)c1. The predicted octanol–water partition coefficient (Wildman–Crippen LogP) is 5.58. The Kier molecular flexibility index (Phi) is 9.08. The Morgan fingerprint density at radius 2 is 1.76 bits per heavy atom. The van der Waals surface area contributed by atoms with E-state index in [0.717, 1.165) is 16.9 Å². The summed E-state index contributed by atoms with van der Waals surface area (Å²) < 4.78 is 55.2. The summed E-state index contributed by atoms with van der Waals surface area (Å²) in [4.78, 5) is 12.4. The van der Waals surface area contributed by atoms with E-state index in [1.165, 1.54) is 6.08 Å². The van der Waals surface area contributed by atoms with Gasteiger partial charge in [0.15, 0.2) is 11.5 Å². The van der Waals surface area contributed by atoms with Gasteiger partial charge in [0.2, 0.25) is 10.1 Å². The monoisotopic (exact) mass is 532 g/mol. The largest absolute Gasteiger partial charge is 0.490 e. The van der Waals surface area contributed by atoms with Crippen LogP contribution in [0.3, 0.4) is 0 Å². The number of benzene rings is 2.